The predicted octanol–water partition coefficient (Wildman–Crippen LogP) is 15.8. The molecule has 0 bridgehead atoms. The maximum atomic E-state index is 12.2. The molecule has 0 aliphatic rings. The Bertz CT molecular complexity index is 1310. The SMILES string of the molecule is CC/C=C\C/C=C\C/C=C\C/C=C\C/C=C\C/C=C\C/C=C\CCCCCC(=O)OC(CO)COCCCCC/C=C\C/C=C\C/C=C\C/C=C\C/C=C\C/C=C\CC. The number of rotatable bonds is 40. The van der Waals surface area contributed by atoms with Crippen LogP contribution >= 0.6 is 0 Å². The van der Waals surface area contributed by atoms with Crippen molar-refractivity contribution >= 4 is 5.97 Å². The van der Waals surface area contributed by atoms with Crippen LogP contribution in [0.2, 0.25) is 0 Å². The quantitative estimate of drug-likeness (QED) is 0.0381. The Balaban J connectivity index is 3.67. The summed E-state index contributed by atoms with van der Waals surface area (Å²) in [5.74, 6) is -0.253. The molecule has 59 heavy (non-hydrogen) atoms. The van der Waals surface area contributed by atoms with Crippen molar-refractivity contribution in [2.45, 2.75) is 161 Å². The number of aliphatic hydroxyl groups excluding tert-OH is 1. The maximum Gasteiger partial charge on any atom is 0.306 e. The summed E-state index contributed by atoms with van der Waals surface area (Å²) < 4.78 is 11.1. The molecule has 1 unspecified atom stereocenters. The molecular weight excluding hydrogens is 725 g/mol. The molecule has 1 N–H and O–H groups in total. The van der Waals surface area contributed by atoms with Crippen LogP contribution < -0.4 is 0 Å². The molecule has 0 aromatic heterocycles. The molecule has 0 amide bonds. The van der Waals surface area contributed by atoms with Gasteiger partial charge in [0, 0.05) is 13.0 Å². The van der Waals surface area contributed by atoms with E-state index < -0.39 is 6.10 Å². The van der Waals surface area contributed by atoms with Crippen LogP contribution in [0.4, 0.5) is 0 Å². The summed E-state index contributed by atoms with van der Waals surface area (Å²) in [4.78, 5) is 12.2. The zero-order chi connectivity index (χ0) is 42.6. The highest BCUT2D eigenvalue weighted by molar-refractivity contribution is 5.69. The van der Waals surface area contributed by atoms with E-state index >= 15 is 0 Å². The molecular formula is C55H84O4. The highest BCUT2D eigenvalue weighted by Crippen LogP contribution is 2.08. The Morgan fingerprint density at radius 3 is 1.03 bits per heavy atom. The van der Waals surface area contributed by atoms with Gasteiger partial charge in [-0.1, -0.05) is 185 Å². The van der Waals surface area contributed by atoms with Crippen molar-refractivity contribution in [3.63, 3.8) is 0 Å². The average molecular weight is 809 g/mol. The fraction of sp³-hybridized carbons (Fsp3) is 0.509. The van der Waals surface area contributed by atoms with Crippen LogP contribution in [0.15, 0.2) is 158 Å². The van der Waals surface area contributed by atoms with Crippen LogP contribution in [0.3, 0.4) is 0 Å². The van der Waals surface area contributed by atoms with Gasteiger partial charge in [-0.15, -0.1) is 0 Å². The van der Waals surface area contributed by atoms with Gasteiger partial charge in [0.25, 0.3) is 0 Å². The molecule has 0 aromatic carbocycles. The van der Waals surface area contributed by atoms with Crippen LogP contribution in [-0.4, -0.2) is 37.0 Å². The summed E-state index contributed by atoms with van der Waals surface area (Å²) in [5, 5.41) is 9.62. The van der Waals surface area contributed by atoms with E-state index in [0.717, 1.165) is 135 Å². The lowest BCUT2D eigenvalue weighted by molar-refractivity contribution is -0.154. The van der Waals surface area contributed by atoms with Crippen LogP contribution in [-0.2, 0) is 14.3 Å². The van der Waals surface area contributed by atoms with Crippen molar-refractivity contribution in [2.75, 3.05) is 19.8 Å². The largest absolute Gasteiger partial charge is 0.457 e. The van der Waals surface area contributed by atoms with E-state index in [1.165, 1.54) is 0 Å². The smallest absolute Gasteiger partial charge is 0.306 e. The monoisotopic (exact) mass is 809 g/mol. The summed E-state index contributed by atoms with van der Waals surface area (Å²) >= 11 is 0. The highest BCUT2D eigenvalue weighted by atomic mass is 16.6. The van der Waals surface area contributed by atoms with Gasteiger partial charge in [0.2, 0.25) is 0 Å². The zero-order valence-corrected chi connectivity index (χ0v) is 37.4. The number of unbranched alkanes of at least 4 members (excludes halogenated alkanes) is 6. The number of ether oxygens (including phenoxy) is 2. The Morgan fingerprint density at radius 1 is 0.407 bits per heavy atom. The lowest BCUT2D eigenvalue weighted by Gasteiger charge is -2.15. The molecule has 4 heteroatoms. The van der Waals surface area contributed by atoms with Gasteiger partial charge in [-0.05, 0) is 122 Å². The van der Waals surface area contributed by atoms with Crippen molar-refractivity contribution in [1.82, 2.24) is 0 Å². The van der Waals surface area contributed by atoms with E-state index in [2.05, 4.69) is 172 Å². The number of esters is 1. The van der Waals surface area contributed by atoms with Crippen LogP contribution in [0.1, 0.15) is 155 Å². The summed E-state index contributed by atoms with van der Waals surface area (Å²) in [6.07, 6.45) is 78.8. The van der Waals surface area contributed by atoms with E-state index in [9.17, 15) is 9.90 Å². The number of carbonyl (C=O) groups is 1. The molecule has 4 nitrogen and oxygen atoms in total. The predicted molar refractivity (Wildman–Crippen MR) is 260 cm³/mol. The second-order valence-corrected chi connectivity index (χ2v) is 14.4. The Hall–Kier alpha value is -3.99. The van der Waals surface area contributed by atoms with Crippen molar-refractivity contribution in [1.29, 1.82) is 0 Å². The molecule has 0 saturated carbocycles. The first-order chi connectivity index (χ1) is 29.2. The zero-order valence-electron chi connectivity index (χ0n) is 37.4. The summed E-state index contributed by atoms with van der Waals surface area (Å²) in [6.45, 7) is 4.97. The summed E-state index contributed by atoms with van der Waals surface area (Å²) in [6, 6.07) is 0. The maximum absolute atomic E-state index is 12.2. The molecule has 328 valence electrons. The first kappa shape index (κ1) is 55.0. The van der Waals surface area contributed by atoms with Crippen LogP contribution in [0.5, 0.6) is 0 Å². The fourth-order valence-corrected chi connectivity index (χ4v) is 5.49. The van der Waals surface area contributed by atoms with Crippen molar-refractivity contribution in [2.24, 2.45) is 0 Å². The van der Waals surface area contributed by atoms with E-state index in [0.29, 0.717) is 13.0 Å². The fourth-order valence-electron chi connectivity index (χ4n) is 5.49. The molecule has 0 spiro atoms. The number of hydrogen-bond donors (Lipinski definition) is 1. The molecule has 0 saturated heterocycles. The molecule has 0 rings (SSSR count). The van der Waals surface area contributed by atoms with E-state index in [4.69, 9.17) is 9.47 Å². The standard InChI is InChI=1S/C55H84O4/c1-3-5-7-9-11-13-15-17-19-21-23-25-27-28-29-30-32-34-36-38-40-42-44-46-48-50-55(57)59-54(52-56)53-58-51-49-47-45-43-41-39-37-35-33-31-26-24-22-20-18-16-14-12-10-8-6-4-2/h5-8,11-14,17-20,23-26,28-29,32-35,38-41,54,56H,3-4,9-10,15-16,21-22,27,30-31,36-37,42-53H2,1-2H3/b7-5-,8-6-,13-11-,14-12-,19-17-,20-18-,25-23-,26-24-,29-28-,34-32-,35-33-,40-38-,41-39-. The van der Waals surface area contributed by atoms with Gasteiger partial charge < -0.3 is 14.6 Å². The van der Waals surface area contributed by atoms with E-state index in [1.54, 1.807) is 0 Å². The molecule has 0 aromatic rings. The van der Waals surface area contributed by atoms with Gasteiger partial charge in [-0.2, -0.15) is 0 Å². The average Bonchev–Trinajstić information content (AvgIpc) is 3.24. The molecule has 0 aliphatic carbocycles. The minimum Gasteiger partial charge on any atom is -0.457 e. The second kappa shape index (κ2) is 50.2. The van der Waals surface area contributed by atoms with Gasteiger partial charge >= 0.3 is 5.97 Å². The molecule has 0 heterocycles. The number of hydrogen-bond acceptors (Lipinski definition) is 4. The second-order valence-electron chi connectivity index (χ2n) is 14.4. The topological polar surface area (TPSA) is 55.8 Å². The lowest BCUT2D eigenvalue weighted by Crippen LogP contribution is -2.27. The van der Waals surface area contributed by atoms with Crippen LogP contribution in [0, 0.1) is 0 Å². The molecule has 0 aliphatic heterocycles. The Labute approximate surface area is 363 Å². The van der Waals surface area contributed by atoms with Gasteiger partial charge in [0.1, 0.15) is 6.10 Å². The van der Waals surface area contributed by atoms with Crippen molar-refractivity contribution in [3.8, 4) is 0 Å². The minimum absolute atomic E-state index is 0.212. The third-order valence-electron chi connectivity index (χ3n) is 8.85. The summed E-state index contributed by atoms with van der Waals surface area (Å²) in [5.41, 5.74) is 0. The van der Waals surface area contributed by atoms with Crippen molar-refractivity contribution < 1.29 is 19.4 Å². The van der Waals surface area contributed by atoms with Crippen molar-refractivity contribution in [3.05, 3.63) is 158 Å². The van der Waals surface area contributed by atoms with Gasteiger partial charge in [0.05, 0.1) is 13.2 Å². The highest BCUT2D eigenvalue weighted by Gasteiger charge is 2.13. The number of aliphatic hydroxyl groups is 1. The van der Waals surface area contributed by atoms with E-state index in [-0.39, 0.29) is 19.2 Å². The van der Waals surface area contributed by atoms with Gasteiger partial charge in [-0.25, -0.2) is 0 Å². The van der Waals surface area contributed by atoms with Gasteiger partial charge in [0.15, 0.2) is 0 Å². The normalized spacial score (nSPS) is 13.9. The summed E-state index contributed by atoms with van der Waals surface area (Å²) in [7, 11) is 0. The number of allylic oxidation sites excluding steroid dienone is 26. The third-order valence-corrected chi connectivity index (χ3v) is 8.85. The third kappa shape index (κ3) is 48.3. The molecule has 0 radical (unpaired) electrons. The number of carbonyl (C=O) groups excluding carboxylic acids is 1. The Morgan fingerprint density at radius 2 is 0.712 bits per heavy atom. The molecule has 0 fully saturated rings. The van der Waals surface area contributed by atoms with E-state index in [1.807, 2.05) is 0 Å². The minimum atomic E-state index is -0.585. The van der Waals surface area contributed by atoms with Crippen LogP contribution in [0.25, 0.3) is 0 Å². The first-order valence-electron chi connectivity index (χ1n) is 23.1. The Kier molecular flexibility index (Phi) is 46.8. The molecule has 1 atom stereocenters. The van der Waals surface area contributed by atoms with Gasteiger partial charge in [-0.3, -0.25) is 4.79 Å². The lowest BCUT2D eigenvalue weighted by atomic mass is 10.1. The first-order valence-corrected chi connectivity index (χ1v) is 23.1.